The lowest BCUT2D eigenvalue weighted by molar-refractivity contribution is -0.144. The van der Waals surface area contributed by atoms with Gasteiger partial charge in [0.1, 0.15) is 29.6 Å². The highest BCUT2D eigenvalue weighted by atomic mass is 16.3. The van der Waals surface area contributed by atoms with Crippen LogP contribution in [-0.4, -0.2) is 142 Å². The van der Waals surface area contributed by atoms with E-state index in [2.05, 4.69) is 16.0 Å². The molecular weight excluding hydrogens is 768 g/mol. The van der Waals surface area contributed by atoms with Crippen molar-refractivity contribution >= 4 is 52.8 Å². The maximum atomic E-state index is 14.2. The number of amides is 6. The van der Waals surface area contributed by atoms with Crippen LogP contribution in [0.5, 0.6) is 11.5 Å². The second-order valence-corrected chi connectivity index (χ2v) is 14.9. The lowest BCUT2D eigenvalue weighted by atomic mass is 9.89. The van der Waals surface area contributed by atoms with Crippen molar-refractivity contribution in [3.63, 3.8) is 0 Å². The predicted molar refractivity (Wildman–Crippen MR) is 212 cm³/mol. The largest absolute Gasteiger partial charge is 0.507 e. The SMILES string of the molecule is CCC(=O)N(C)[C@H](CO)C(=O)N[C@H](C)C(=O)CCC(=O)N(C)[C@@H]1C(=O)C[C@@H](C)C(=O)N[C@H](C(=O)N[C@@H](C)C(=O)C(=O)N(C)C)Cc2ccc(O)c(c2)-c2cc1ccc2O. The Balaban J connectivity index is 1.94. The molecule has 0 spiro atoms. The maximum absolute atomic E-state index is 14.2. The van der Waals surface area contributed by atoms with Crippen LogP contribution in [0.25, 0.3) is 11.1 Å². The van der Waals surface area contributed by atoms with Crippen LogP contribution in [0.2, 0.25) is 0 Å². The number of carbonyl (C=O) groups is 9. The number of aliphatic hydroxyl groups excluding tert-OH is 1. The van der Waals surface area contributed by atoms with Crippen molar-refractivity contribution in [1.82, 2.24) is 30.7 Å². The van der Waals surface area contributed by atoms with Crippen LogP contribution in [0, 0.1) is 5.92 Å². The fraction of sp³-hybridized carbons (Fsp3) is 0.488. The van der Waals surface area contributed by atoms with Gasteiger partial charge in [0.25, 0.3) is 5.91 Å². The molecule has 0 saturated carbocycles. The zero-order valence-electron chi connectivity index (χ0n) is 34.5. The van der Waals surface area contributed by atoms with E-state index in [0.29, 0.717) is 5.56 Å². The Bertz CT molecular complexity index is 1980. The summed E-state index contributed by atoms with van der Waals surface area (Å²) in [6.07, 6.45) is -1.28. The fourth-order valence-electron chi connectivity index (χ4n) is 6.50. The van der Waals surface area contributed by atoms with Gasteiger partial charge in [-0.25, -0.2) is 0 Å². The van der Waals surface area contributed by atoms with Crippen molar-refractivity contribution in [2.75, 3.05) is 34.8 Å². The number of ketones is 3. The molecule has 18 nitrogen and oxygen atoms in total. The minimum atomic E-state index is -1.37. The quantitative estimate of drug-likeness (QED) is 0.139. The molecule has 0 unspecified atom stereocenters. The summed E-state index contributed by atoms with van der Waals surface area (Å²) in [6, 6.07) is 2.09. The molecule has 1 aliphatic rings. The van der Waals surface area contributed by atoms with Gasteiger partial charge in [0.15, 0.2) is 11.6 Å². The third kappa shape index (κ3) is 11.7. The Morgan fingerprint density at radius 2 is 1.44 bits per heavy atom. The monoisotopic (exact) mass is 822 g/mol. The molecular formula is C41H54N6O12. The van der Waals surface area contributed by atoms with E-state index in [1.54, 1.807) is 6.92 Å². The summed E-state index contributed by atoms with van der Waals surface area (Å²) >= 11 is 0. The van der Waals surface area contributed by atoms with Crippen LogP contribution >= 0.6 is 0 Å². The molecule has 6 N–H and O–H groups in total. The first kappa shape index (κ1) is 47.2. The number of nitrogens with one attached hydrogen (secondary N) is 3. The average molecular weight is 823 g/mol. The smallest absolute Gasteiger partial charge is 0.291 e. The van der Waals surface area contributed by atoms with E-state index < -0.39 is 108 Å². The van der Waals surface area contributed by atoms with Crippen LogP contribution in [0.3, 0.4) is 0 Å². The summed E-state index contributed by atoms with van der Waals surface area (Å²) in [6.45, 7) is 5.06. The Kier molecular flexibility index (Phi) is 16.4. The number of hydrogen-bond donors (Lipinski definition) is 6. The van der Waals surface area contributed by atoms with Crippen molar-refractivity contribution in [3.8, 4) is 22.6 Å². The summed E-state index contributed by atoms with van der Waals surface area (Å²) in [5.41, 5.74) is 0.793. The van der Waals surface area contributed by atoms with Gasteiger partial charge < -0.3 is 46.0 Å². The van der Waals surface area contributed by atoms with Crippen LogP contribution < -0.4 is 16.0 Å². The Morgan fingerprint density at radius 1 is 0.831 bits per heavy atom. The van der Waals surface area contributed by atoms with E-state index in [4.69, 9.17) is 0 Å². The van der Waals surface area contributed by atoms with Crippen LogP contribution in [-0.2, 0) is 49.6 Å². The number of fused-ring (bicyclic) bond motifs is 5. The first-order valence-corrected chi connectivity index (χ1v) is 19.1. The topological polar surface area (TPSA) is 260 Å². The lowest BCUT2D eigenvalue weighted by Crippen LogP contribution is -2.54. The maximum Gasteiger partial charge on any atom is 0.291 e. The number of rotatable bonds is 14. The molecule has 3 rings (SSSR count). The van der Waals surface area contributed by atoms with Crippen LogP contribution in [0.4, 0.5) is 0 Å². The number of phenols is 2. The number of nitrogens with zero attached hydrogens (tertiary/aromatic N) is 3. The first-order chi connectivity index (χ1) is 27.6. The van der Waals surface area contributed by atoms with Crippen molar-refractivity contribution in [3.05, 3.63) is 47.5 Å². The molecule has 0 aliphatic carbocycles. The molecule has 2 aromatic rings. The normalized spacial score (nSPS) is 18.2. The number of hydrogen-bond acceptors (Lipinski definition) is 12. The van der Waals surface area contributed by atoms with E-state index in [1.165, 1.54) is 85.4 Å². The van der Waals surface area contributed by atoms with E-state index in [-0.39, 0.29) is 47.5 Å². The highest BCUT2D eigenvalue weighted by Gasteiger charge is 2.35. The number of phenolic OH excluding ortho intramolecular Hbond substituents is 2. The summed E-state index contributed by atoms with van der Waals surface area (Å²) in [4.78, 5) is 121. The zero-order valence-corrected chi connectivity index (χ0v) is 34.5. The van der Waals surface area contributed by atoms with E-state index >= 15 is 0 Å². The molecule has 6 atom stereocenters. The van der Waals surface area contributed by atoms with Gasteiger partial charge in [0.05, 0.1) is 18.7 Å². The number of benzene rings is 2. The van der Waals surface area contributed by atoms with Gasteiger partial charge in [-0.2, -0.15) is 0 Å². The summed E-state index contributed by atoms with van der Waals surface area (Å²) in [7, 11) is 5.44. The number of aliphatic hydroxyl groups is 1. The van der Waals surface area contributed by atoms with Gasteiger partial charge in [-0.3, -0.25) is 43.2 Å². The van der Waals surface area contributed by atoms with Crippen molar-refractivity contribution in [2.45, 2.75) is 90.0 Å². The molecule has 6 amide bonds. The molecule has 2 aromatic carbocycles. The van der Waals surface area contributed by atoms with E-state index in [0.717, 1.165) is 14.7 Å². The van der Waals surface area contributed by atoms with Crippen molar-refractivity contribution in [1.29, 1.82) is 0 Å². The molecule has 0 saturated heterocycles. The lowest BCUT2D eigenvalue weighted by Gasteiger charge is -2.30. The van der Waals surface area contributed by atoms with Crippen LogP contribution in [0.1, 0.15) is 70.5 Å². The average Bonchev–Trinajstić information content (AvgIpc) is 3.19. The summed E-state index contributed by atoms with van der Waals surface area (Å²) in [5.74, 6) is -7.91. The Morgan fingerprint density at radius 3 is 2.03 bits per heavy atom. The Labute approximate surface area is 342 Å². The van der Waals surface area contributed by atoms with Gasteiger partial charge in [-0.15, -0.1) is 0 Å². The second-order valence-electron chi connectivity index (χ2n) is 14.9. The van der Waals surface area contributed by atoms with Gasteiger partial charge in [-0.1, -0.05) is 26.0 Å². The standard InChI is InChI=1S/C41H54N6O12/c1-9-34(53)46(7)29(20-48)40(58)42-22(3)30(49)14-15-35(54)47(8)36-25-11-13-32(51)27(19-25)26-17-24(10-12-31(26)50)18-28(44-38(56)21(2)16-33(36)52)39(57)43-23(4)37(55)41(59)45(5)6/h10-13,17,19,21-23,28-29,36,48,50-51H,9,14-16,18,20H2,1-8H3,(H,42,58)(H,43,57)(H,44,56)/t21-,22-,23+,28+,29-,36+/m1/s1. The molecule has 1 heterocycles. The van der Waals surface area contributed by atoms with Crippen LogP contribution in [0.15, 0.2) is 36.4 Å². The molecule has 1 aliphatic heterocycles. The minimum Gasteiger partial charge on any atom is -0.507 e. The number of carbonyl (C=O) groups excluding carboxylic acids is 9. The third-order valence-electron chi connectivity index (χ3n) is 10.2. The highest BCUT2D eigenvalue weighted by molar-refractivity contribution is 6.38. The molecule has 4 bridgehead atoms. The molecule has 0 fully saturated rings. The Hall–Kier alpha value is -6.17. The predicted octanol–water partition coefficient (Wildman–Crippen LogP) is 0.146. The van der Waals surface area contributed by atoms with E-state index in [9.17, 15) is 58.5 Å². The van der Waals surface area contributed by atoms with Gasteiger partial charge >= 0.3 is 0 Å². The minimum absolute atomic E-state index is 0.0734. The van der Waals surface area contributed by atoms with Gasteiger partial charge in [-0.05, 0) is 49.2 Å². The fourth-order valence-corrected chi connectivity index (χ4v) is 6.50. The number of aromatic hydroxyl groups is 2. The molecule has 18 heteroatoms. The molecule has 0 radical (unpaired) electrons. The molecule has 59 heavy (non-hydrogen) atoms. The molecule has 320 valence electrons. The van der Waals surface area contributed by atoms with Gasteiger partial charge in [0, 0.05) is 77.3 Å². The molecule has 0 aromatic heterocycles. The zero-order chi connectivity index (χ0) is 44.5. The second kappa shape index (κ2) is 20.5. The van der Waals surface area contributed by atoms with E-state index in [1.807, 2.05) is 0 Å². The number of Topliss-reactive ketones (excluding diaryl/α,β-unsaturated/α-hetero) is 3. The van der Waals surface area contributed by atoms with Crippen molar-refractivity contribution in [2.24, 2.45) is 5.92 Å². The number of likely N-dealkylation sites (N-methyl/N-ethyl adjacent to an activating group) is 3. The summed E-state index contributed by atoms with van der Waals surface area (Å²) < 4.78 is 0. The van der Waals surface area contributed by atoms with Gasteiger partial charge in [0.2, 0.25) is 35.3 Å². The third-order valence-corrected chi connectivity index (χ3v) is 10.2. The van der Waals surface area contributed by atoms with Crippen molar-refractivity contribution < 1.29 is 58.5 Å². The highest BCUT2D eigenvalue weighted by Crippen LogP contribution is 2.39. The first-order valence-electron chi connectivity index (χ1n) is 19.1. The summed E-state index contributed by atoms with van der Waals surface area (Å²) in [5, 5.41) is 39.2.